The van der Waals surface area contributed by atoms with E-state index >= 15 is 0 Å². The number of rotatable bonds is 8. The SMILES string of the molecule is CCc1ccc(OCCC(F)C2CCC(OC(=O)C3CCC(C)CC3)CC2)c(F)c1. The molecule has 0 heterocycles. The summed E-state index contributed by atoms with van der Waals surface area (Å²) in [5.74, 6) is 0.476. The van der Waals surface area contributed by atoms with Gasteiger partial charge in [0.15, 0.2) is 11.6 Å². The second kappa shape index (κ2) is 11.1. The molecule has 1 aromatic carbocycles. The summed E-state index contributed by atoms with van der Waals surface area (Å²) < 4.78 is 39.8. The zero-order valence-corrected chi connectivity index (χ0v) is 18.4. The highest BCUT2D eigenvalue weighted by molar-refractivity contribution is 5.72. The quantitative estimate of drug-likeness (QED) is 0.453. The molecule has 0 bridgehead atoms. The van der Waals surface area contributed by atoms with Crippen molar-refractivity contribution in [1.29, 1.82) is 0 Å². The smallest absolute Gasteiger partial charge is 0.309 e. The highest BCUT2D eigenvalue weighted by Gasteiger charge is 2.32. The zero-order chi connectivity index (χ0) is 21.5. The molecule has 2 aliphatic carbocycles. The predicted octanol–water partition coefficient (Wildman–Crippen LogP) is 6.42. The Morgan fingerprint density at radius 2 is 1.80 bits per heavy atom. The van der Waals surface area contributed by atoms with E-state index in [1.54, 1.807) is 6.07 Å². The van der Waals surface area contributed by atoms with Crippen LogP contribution < -0.4 is 4.74 Å². The normalized spacial score (nSPS) is 28.0. The lowest BCUT2D eigenvalue weighted by Crippen LogP contribution is -2.32. The molecule has 1 unspecified atom stereocenters. The molecule has 0 radical (unpaired) electrons. The van der Waals surface area contributed by atoms with E-state index in [0.29, 0.717) is 5.92 Å². The maximum absolute atomic E-state index is 14.6. The number of halogens is 2. The van der Waals surface area contributed by atoms with Gasteiger partial charge >= 0.3 is 5.97 Å². The number of esters is 1. The van der Waals surface area contributed by atoms with Gasteiger partial charge in [0.1, 0.15) is 12.3 Å². The molecule has 3 rings (SSSR count). The van der Waals surface area contributed by atoms with Gasteiger partial charge in [0.2, 0.25) is 0 Å². The number of hydrogen-bond donors (Lipinski definition) is 0. The predicted molar refractivity (Wildman–Crippen MR) is 114 cm³/mol. The fraction of sp³-hybridized carbons (Fsp3) is 0.720. The molecule has 2 fully saturated rings. The van der Waals surface area contributed by atoms with Crippen LogP contribution in [-0.4, -0.2) is 24.9 Å². The standard InChI is InChI=1S/C25H36F2O3/c1-3-18-6-13-24(23(27)16-18)29-15-14-22(26)19-9-11-21(12-10-19)30-25(28)20-7-4-17(2)5-8-20/h6,13,16-17,19-22H,3-5,7-12,14-15H2,1-2H3. The van der Waals surface area contributed by atoms with Crippen molar-refractivity contribution in [2.45, 2.75) is 90.3 Å². The second-order valence-electron chi connectivity index (χ2n) is 9.20. The molecule has 0 aliphatic heterocycles. The summed E-state index contributed by atoms with van der Waals surface area (Å²) in [7, 11) is 0. The molecule has 0 saturated heterocycles. The number of carbonyl (C=O) groups is 1. The summed E-state index contributed by atoms with van der Waals surface area (Å²) in [5, 5.41) is 0. The molecule has 5 heteroatoms. The van der Waals surface area contributed by atoms with E-state index in [1.165, 1.54) is 6.07 Å². The first-order chi connectivity index (χ1) is 14.5. The molecule has 0 amide bonds. The number of hydrogen-bond acceptors (Lipinski definition) is 3. The fourth-order valence-corrected chi connectivity index (χ4v) is 4.72. The van der Waals surface area contributed by atoms with Crippen molar-refractivity contribution in [2.75, 3.05) is 6.61 Å². The Bertz CT molecular complexity index is 677. The number of alkyl halides is 1. The van der Waals surface area contributed by atoms with E-state index in [2.05, 4.69) is 6.92 Å². The van der Waals surface area contributed by atoms with Crippen molar-refractivity contribution in [2.24, 2.45) is 17.8 Å². The van der Waals surface area contributed by atoms with E-state index in [9.17, 15) is 13.6 Å². The molecule has 0 aromatic heterocycles. The van der Waals surface area contributed by atoms with Crippen molar-refractivity contribution in [3.63, 3.8) is 0 Å². The minimum absolute atomic E-state index is 0.0357. The highest BCUT2D eigenvalue weighted by Crippen LogP contribution is 2.34. The van der Waals surface area contributed by atoms with Gasteiger partial charge in [-0.2, -0.15) is 0 Å². The number of ether oxygens (including phenoxy) is 2. The van der Waals surface area contributed by atoms with Crippen molar-refractivity contribution in [3.8, 4) is 5.75 Å². The molecule has 2 aliphatic rings. The van der Waals surface area contributed by atoms with Gasteiger partial charge in [-0.25, -0.2) is 8.78 Å². The van der Waals surface area contributed by atoms with Gasteiger partial charge in [0.25, 0.3) is 0 Å². The number of benzene rings is 1. The molecular weight excluding hydrogens is 386 g/mol. The van der Waals surface area contributed by atoms with Crippen LogP contribution in [-0.2, 0) is 16.0 Å². The van der Waals surface area contributed by atoms with Crippen LogP contribution in [0.2, 0.25) is 0 Å². The third-order valence-electron chi connectivity index (χ3n) is 6.92. The summed E-state index contributed by atoms with van der Waals surface area (Å²) in [6.45, 7) is 4.37. The molecule has 168 valence electrons. The fourth-order valence-electron chi connectivity index (χ4n) is 4.72. The lowest BCUT2D eigenvalue weighted by atomic mass is 9.82. The molecular formula is C25H36F2O3. The lowest BCUT2D eigenvalue weighted by Gasteiger charge is -2.32. The summed E-state index contributed by atoms with van der Waals surface area (Å²) in [5.41, 5.74) is 0.915. The van der Waals surface area contributed by atoms with Gasteiger partial charge in [-0.1, -0.05) is 19.9 Å². The Morgan fingerprint density at radius 1 is 1.10 bits per heavy atom. The van der Waals surface area contributed by atoms with E-state index in [-0.39, 0.29) is 48.5 Å². The summed E-state index contributed by atoms with van der Waals surface area (Å²) in [6.07, 6.45) is 6.96. The van der Waals surface area contributed by atoms with Gasteiger partial charge in [0.05, 0.1) is 12.5 Å². The van der Waals surface area contributed by atoms with Crippen LogP contribution >= 0.6 is 0 Å². The molecule has 3 nitrogen and oxygen atoms in total. The van der Waals surface area contributed by atoms with Crippen LogP contribution in [0.25, 0.3) is 0 Å². The average Bonchev–Trinajstić information content (AvgIpc) is 2.75. The van der Waals surface area contributed by atoms with Crippen LogP contribution in [0.15, 0.2) is 18.2 Å². The first kappa shape index (κ1) is 23.0. The third kappa shape index (κ3) is 6.42. The van der Waals surface area contributed by atoms with Crippen LogP contribution in [0.1, 0.15) is 77.2 Å². The summed E-state index contributed by atoms with van der Waals surface area (Å²) >= 11 is 0. The van der Waals surface area contributed by atoms with Crippen molar-refractivity contribution < 1.29 is 23.0 Å². The number of carbonyl (C=O) groups excluding carboxylic acids is 1. The van der Waals surface area contributed by atoms with Crippen LogP contribution in [0.3, 0.4) is 0 Å². The minimum Gasteiger partial charge on any atom is -0.490 e. The minimum atomic E-state index is -0.973. The van der Waals surface area contributed by atoms with Gasteiger partial charge in [-0.3, -0.25) is 4.79 Å². The average molecular weight is 423 g/mol. The zero-order valence-electron chi connectivity index (χ0n) is 18.4. The van der Waals surface area contributed by atoms with E-state index in [1.807, 2.05) is 13.0 Å². The molecule has 1 aromatic rings. The molecule has 1 atom stereocenters. The van der Waals surface area contributed by atoms with Gasteiger partial charge in [-0.15, -0.1) is 0 Å². The summed E-state index contributed by atoms with van der Waals surface area (Å²) in [6, 6.07) is 4.93. The van der Waals surface area contributed by atoms with E-state index in [0.717, 1.165) is 63.4 Å². The highest BCUT2D eigenvalue weighted by atomic mass is 19.1. The van der Waals surface area contributed by atoms with E-state index < -0.39 is 6.17 Å². The Balaban J connectivity index is 1.35. The lowest BCUT2D eigenvalue weighted by molar-refractivity contribution is -0.157. The van der Waals surface area contributed by atoms with Gasteiger partial charge < -0.3 is 9.47 Å². The Kier molecular flexibility index (Phi) is 8.52. The maximum atomic E-state index is 14.6. The molecule has 30 heavy (non-hydrogen) atoms. The summed E-state index contributed by atoms with van der Waals surface area (Å²) in [4.78, 5) is 12.4. The Morgan fingerprint density at radius 3 is 2.43 bits per heavy atom. The van der Waals surface area contributed by atoms with Gasteiger partial charge in [-0.05, 0) is 87.3 Å². The largest absolute Gasteiger partial charge is 0.490 e. The molecule has 0 N–H and O–H groups in total. The first-order valence-corrected chi connectivity index (χ1v) is 11.7. The monoisotopic (exact) mass is 422 g/mol. The Labute approximate surface area is 179 Å². The number of aryl methyl sites for hydroxylation is 1. The maximum Gasteiger partial charge on any atom is 0.309 e. The first-order valence-electron chi connectivity index (χ1n) is 11.7. The van der Waals surface area contributed by atoms with Crippen LogP contribution in [0.5, 0.6) is 5.75 Å². The molecule has 2 saturated carbocycles. The third-order valence-corrected chi connectivity index (χ3v) is 6.92. The van der Waals surface area contributed by atoms with E-state index in [4.69, 9.17) is 9.47 Å². The second-order valence-corrected chi connectivity index (χ2v) is 9.20. The van der Waals surface area contributed by atoms with Crippen LogP contribution in [0, 0.1) is 23.6 Å². The molecule has 0 spiro atoms. The van der Waals surface area contributed by atoms with Crippen molar-refractivity contribution in [1.82, 2.24) is 0 Å². The Hall–Kier alpha value is -1.65. The van der Waals surface area contributed by atoms with Crippen molar-refractivity contribution in [3.05, 3.63) is 29.6 Å². The topological polar surface area (TPSA) is 35.5 Å². The van der Waals surface area contributed by atoms with Crippen LogP contribution in [0.4, 0.5) is 8.78 Å². The van der Waals surface area contributed by atoms with Gasteiger partial charge in [0, 0.05) is 6.42 Å². The van der Waals surface area contributed by atoms with Crippen molar-refractivity contribution >= 4 is 5.97 Å².